The molecule has 0 aliphatic heterocycles. The van der Waals surface area contributed by atoms with Crippen LogP contribution in [0.4, 0.5) is 4.39 Å². The predicted molar refractivity (Wildman–Crippen MR) is 67.4 cm³/mol. The van der Waals surface area contributed by atoms with Crippen LogP contribution < -0.4 is 4.57 Å². The molecule has 0 saturated heterocycles. The second-order valence-corrected chi connectivity index (χ2v) is 4.25. The van der Waals surface area contributed by atoms with Crippen LogP contribution in [0.3, 0.4) is 0 Å². The molecular formula is C15H13FNO2+. The maximum atomic E-state index is 12.8. The van der Waals surface area contributed by atoms with Crippen LogP contribution in [-0.2, 0) is 6.54 Å². The molecule has 1 aromatic carbocycles. The molecular weight excluding hydrogens is 245 g/mol. The van der Waals surface area contributed by atoms with E-state index in [9.17, 15) is 14.0 Å². The third kappa shape index (κ3) is 3.31. The van der Waals surface area contributed by atoms with Gasteiger partial charge in [-0.3, -0.25) is 9.59 Å². The third-order valence-electron chi connectivity index (χ3n) is 2.76. The number of pyridine rings is 1. The lowest BCUT2D eigenvalue weighted by molar-refractivity contribution is -0.683. The van der Waals surface area contributed by atoms with Gasteiger partial charge in [-0.25, -0.2) is 4.39 Å². The topological polar surface area (TPSA) is 38.0 Å². The minimum Gasteiger partial charge on any atom is -0.294 e. The molecule has 19 heavy (non-hydrogen) atoms. The highest BCUT2D eigenvalue weighted by atomic mass is 19.1. The van der Waals surface area contributed by atoms with Crippen LogP contribution in [0.25, 0.3) is 0 Å². The zero-order valence-corrected chi connectivity index (χ0v) is 10.5. The molecule has 4 heteroatoms. The number of nitrogens with zero attached hydrogens (tertiary/aromatic N) is 1. The van der Waals surface area contributed by atoms with Gasteiger partial charge in [0.15, 0.2) is 18.2 Å². The zero-order valence-electron chi connectivity index (χ0n) is 10.5. The quantitative estimate of drug-likeness (QED) is 0.623. The molecule has 0 radical (unpaired) electrons. The summed E-state index contributed by atoms with van der Waals surface area (Å²) in [4.78, 5) is 23.2. The van der Waals surface area contributed by atoms with E-state index in [-0.39, 0.29) is 23.9 Å². The summed E-state index contributed by atoms with van der Waals surface area (Å²) in [5, 5.41) is 0. The van der Waals surface area contributed by atoms with Crippen LogP contribution in [-0.4, -0.2) is 11.6 Å². The van der Waals surface area contributed by atoms with E-state index in [0.717, 1.165) is 0 Å². The number of hydrogen-bond acceptors (Lipinski definition) is 2. The molecule has 0 N–H and O–H groups in total. The maximum Gasteiger partial charge on any atom is 0.227 e. The Balaban J connectivity index is 2.17. The summed E-state index contributed by atoms with van der Waals surface area (Å²) >= 11 is 0. The standard InChI is InChI=1S/C15H13FNO2/c1-11(18)13-3-2-8-17(9-13)10-15(19)12-4-6-14(16)7-5-12/h2-9H,10H2,1H3/q+1. The number of Topliss-reactive ketones (excluding diaryl/α,β-unsaturated/α-hetero) is 2. The summed E-state index contributed by atoms with van der Waals surface area (Å²) in [6.07, 6.45) is 3.34. The smallest absolute Gasteiger partial charge is 0.227 e. The first kappa shape index (κ1) is 13.1. The summed E-state index contributed by atoms with van der Waals surface area (Å²) in [6, 6.07) is 8.82. The molecule has 0 saturated carbocycles. The average Bonchev–Trinajstić information content (AvgIpc) is 2.39. The van der Waals surface area contributed by atoms with Gasteiger partial charge < -0.3 is 0 Å². The molecule has 0 bridgehead atoms. The summed E-state index contributed by atoms with van der Waals surface area (Å²) < 4.78 is 14.4. The Morgan fingerprint density at radius 2 is 1.79 bits per heavy atom. The van der Waals surface area contributed by atoms with Crippen molar-refractivity contribution in [2.45, 2.75) is 13.5 Å². The van der Waals surface area contributed by atoms with E-state index < -0.39 is 0 Å². The number of hydrogen-bond donors (Lipinski definition) is 0. The Kier molecular flexibility index (Phi) is 3.80. The predicted octanol–water partition coefficient (Wildman–Crippen LogP) is 2.20. The normalized spacial score (nSPS) is 10.2. The van der Waals surface area contributed by atoms with Crippen molar-refractivity contribution in [1.29, 1.82) is 0 Å². The first-order valence-corrected chi connectivity index (χ1v) is 5.85. The zero-order chi connectivity index (χ0) is 13.8. The Bertz CT molecular complexity index is 620. The van der Waals surface area contributed by atoms with E-state index in [4.69, 9.17) is 0 Å². The minimum atomic E-state index is -0.372. The molecule has 2 rings (SSSR count). The SMILES string of the molecule is CC(=O)c1ccc[n+](CC(=O)c2ccc(F)cc2)c1. The number of aromatic nitrogens is 1. The van der Waals surface area contributed by atoms with E-state index in [0.29, 0.717) is 11.1 Å². The van der Waals surface area contributed by atoms with Gasteiger partial charge in [-0.15, -0.1) is 0 Å². The lowest BCUT2D eigenvalue weighted by Gasteiger charge is -1.99. The molecule has 3 nitrogen and oxygen atoms in total. The van der Waals surface area contributed by atoms with Gasteiger partial charge in [-0.05, 0) is 37.3 Å². The van der Waals surface area contributed by atoms with Gasteiger partial charge in [-0.2, -0.15) is 4.57 Å². The molecule has 0 spiro atoms. The first-order chi connectivity index (χ1) is 9.06. The molecule has 0 atom stereocenters. The van der Waals surface area contributed by atoms with Crippen molar-refractivity contribution in [3.63, 3.8) is 0 Å². The molecule has 0 aliphatic rings. The maximum absolute atomic E-state index is 12.8. The Morgan fingerprint density at radius 1 is 1.11 bits per heavy atom. The number of rotatable bonds is 4. The van der Waals surface area contributed by atoms with Gasteiger partial charge in [0.1, 0.15) is 5.82 Å². The van der Waals surface area contributed by atoms with Crippen molar-refractivity contribution in [3.05, 3.63) is 65.7 Å². The van der Waals surface area contributed by atoms with Gasteiger partial charge in [0.25, 0.3) is 0 Å². The molecule has 0 aliphatic carbocycles. The highest BCUT2D eigenvalue weighted by Gasteiger charge is 2.13. The van der Waals surface area contributed by atoms with Gasteiger partial charge in [0.2, 0.25) is 12.3 Å². The van der Waals surface area contributed by atoms with E-state index in [2.05, 4.69) is 0 Å². The molecule has 0 fully saturated rings. The molecule has 96 valence electrons. The van der Waals surface area contributed by atoms with Crippen LogP contribution in [0, 0.1) is 5.82 Å². The van der Waals surface area contributed by atoms with Gasteiger partial charge in [-0.1, -0.05) is 0 Å². The fourth-order valence-corrected chi connectivity index (χ4v) is 1.72. The summed E-state index contributed by atoms with van der Waals surface area (Å²) in [5.74, 6) is -0.558. The Hall–Kier alpha value is -2.36. The Labute approximate surface area is 110 Å². The van der Waals surface area contributed by atoms with Crippen LogP contribution in [0.2, 0.25) is 0 Å². The highest BCUT2D eigenvalue weighted by molar-refractivity contribution is 5.95. The third-order valence-corrected chi connectivity index (χ3v) is 2.76. The summed E-state index contributed by atoms with van der Waals surface area (Å²) in [6.45, 7) is 1.59. The number of carbonyl (C=O) groups is 2. The van der Waals surface area contributed by atoms with Crippen molar-refractivity contribution in [2.75, 3.05) is 0 Å². The van der Waals surface area contributed by atoms with Crippen LogP contribution >= 0.6 is 0 Å². The molecule has 0 unspecified atom stereocenters. The van der Waals surface area contributed by atoms with Crippen molar-refractivity contribution in [3.8, 4) is 0 Å². The van der Waals surface area contributed by atoms with E-state index in [1.165, 1.54) is 31.2 Å². The average molecular weight is 258 g/mol. The lowest BCUT2D eigenvalue weighted by Crippen LogP contribution is -2.37. The second-order valence-electron chi connectivity index (χ2n) is 4.25. The van der Waals surface area contributed by atoms with Crippen LogP contribution in [0.1, 0.15) is 27.6 Å². The van der Waals surface area contributed by atoms with Gasteiger partial charge in [0.05, 0.1) is 5.56 Å². The molecule has 2 aromatic rings. The summed E-state index contributed by atoms with van der Waals surface area (Å²) in [5.41, 5.74) is 0.997. The number of halogens is 1. The number of ketones is 2. The molecule has 1 heterocycles. The van der Waals surface area contributed by atoms with Crippen molar-refractivity contribution < 1.29 is 18.5 Å². The largest absolute Gasteiger partial charge is 0.294 e. The number of benzene rings is 1. The van der Waals surface area contributed by atoms with E-state index >= 15 is 0 Å². The highest BCUT2D eigenvalue weighted by Crippen LogP contribution is 2.04. The van der Waals surface area contributed by atoms with Crippen LogP contribution in [0.15, 0.2) is 48.8 Å². The minimum absolute atomic E-state index is 0.0522. The fourth-order valence-electron chi connectivity index (χ4n) is 1.72. The van der Waals surface area contributed by atoms with Gasteiger partial charge in [0, 0.05) is 11.6 Å². The molecule has 0 amide bonds. The molecule has 1 aromatic heterocycles. The Morgan fingerprint density at radius 3 is 2.42 bits per heavy atom. The summed E-state index contributed by atoms with van der Waals surface area (Å²) in [7, 11) is 0. The van der Waals surface area contributed by atoms with Crippen LogP contribution in [0.5, 0.6) is 0 Å². The van der Waals surface area contributed by atoms with Crippen molar-refractivity contribution in [1.82, 2.24) is 0 Å². The number of carbonyl (C=O) groups excluding carboxylic acids is 2. The fraction of sp³-hybridized carbons (Fsp3) is 0.133. The monoisotopic (exact) mass is 258 g/mol. The first-order valence-electron chi connectivity index (χ1n) is 5.85. The lowest BCUT2D eigenvalue weighted by atomic mass is 10.1. The van der Waals surface area contributed by atoms with E-state index in [1.807, 2.05) is 0 Å². The van der Waals surface area contributed by atoms with E-state index in [1.54, 1.807) is 29.1 Å². The second kappa shape index (κ2) is 5.52. The van der Waals surface area contributed by atoms with Gasteiger partial charge >= 0.3 is 0 Å². The van der Waals surface area contributed by atoms with Crippen molar-refractivity contribution >= 4 is 11.6 Å². The van der Waals surface area contributed by atoms with Crippen molar-refractivity contribution in [2.24, 2.45) is 0 Å².